The number of piperazine rings is 1. The maximum atomic E-state index is 12.6. The van der Waals surface area contributed by atoms with Crippen LogP contribution in [0.2, 0.25) is 0 Å². The van der Waals surface area contributed by atoms with Crippen molar-refractivity contribution in [3.8, 4) is 0 Å². The van der Waals surface area contributed by atoms with Crippen LogP contribution in [0.5, 0.6) is 0 Å². The minimum absolute atomic E-state index is 0.259. The molecule has 5 heteroatoms. The number of hydrogen-bond acceptors (Lipinski definition) is 4. The van der Waals surface area contributed by atoms with Gasteiger partial charge in [-0.3, -0.25) is 14.7 Å². The van der Waals surface area contributed by atoms with Crippen LogP contribution in [0.4, 0.5) is 0 Å². The Morgan fingerprint density at radius 3 is 2.50 bits per heavy atom. The van der Waals surface area contributed by atoms with Gasteiger partial charge < -0.3 is 9.80 Å². The molecule has 112 valence electrons. The van der Waals surface area contributed by atoms with Crippen molar-refractivity contribution in [1.82, 2.24) is 14.7 Å². The number of guanidine groups is 1. The van der Waals surface area contributed by atoms with Gasteiger partial charge in [-0.2, -0.15) is 0 Å². The van der Waals surface area contributed by atoms with Gasteiger partial charge in [0.2, 0.25) is 11.9 Å². The van der Waals surface area contributed by atoms with Crippen molar-refractivity contribution in [3.05, 3.63) is 0 Å². The molecule has 0 spiro atoms. The monoisotopic (exact) mass is 278 g/mol. The first-order valence-corrected chi connectivity index (χ1v) is 8.12. The maximum Gasteiger partial charge on any atom is 0.232 e. The summed E-state index contributed by atoms with van der Waals surface area (Å²) in [4.78, 5) is 24.0. The van der Waals surface area contributed by atoms with Crippen molar-refractivity contribution in [1.29, 1.82) is 0 Å². The number of rotatable bonds is 2. The fourth-order valence-corrected chi connectivity index (χ4v) is 3.57. The average molecular weight is 278 g/mol. The fraction of sp³-hybridized carbons (Fsp3) is 0.867. The van der Waals surface area contributed by atoms with Gasteiger partial charge in [-0.25, -0.2) is 0 Å². The molecule has 0 atom stereocenters. The van der Waals surface area contributed by atoms with Crippen LogP contribution >= 0.6 is 0 Å². The molecular formula is C15H26N4O. The van der Waals surface area contributed by atoms with E-state index in [-0.39, 0.29) is 5.92 Å². The molecule has 0 N–H and O–H groups in total. The van der Waals surface area contributed by atoms with E-state index < -0.39 is 0 Å². The molecule has 0 aromatic heterocycles. The van der Waals surface area contributed by atoms with Gasteiger partial charge in [-0.1, -0.05) is 19.8 Å². The predicted octanol–water partition coefficient (Wildman–Crippen LogP) is 1.01. The molecule has 2 aliphatic heterocycles. The van der Waals surface area contributed by atoms with Gasteiger partial charge in [-0.05, 0) is 19.4 Å². The van der Waals surface area contributed by atoms with Crippen molar-refractivity contribution in [2.75, 3.05) is 45.8 Å². The van der Waals surface area contributed by atoms with Crippen LogP contribution in [0.25, 0.3) is 0 Å². The van der Waals surface area contributed by atoms with E-state index in [2.05, 4.69) is 21.7 Å². The predicted molar refractivity (Wildman–Crippen MR) is 79.7 cm³/mol. The second-order valence-electron chi connectivity index (χ2n) is 6.07. The highest BCUT2D eigenvalue weighted by Crippen LogP contribution is 2.27. The molecule has 3 aliphatic rings. The molecule has 1 aliphatic carbocycles. The van der Waals surface area contributed by atoms with E-state index in [9.17, 15) is 4.79 Å². The molecule has 1 amide bonds. The van der Waals surface area contributed by atoms with Crippen LogP contribution in [-0.4, -0.2) is 72.4 Å². The highest BCUT2D eigenvalue weighted by Gasteiger charge is 2.34. The molecule has 5 nitrogen and oxygen atoms in total. The summed E-state index contributed by atoms with van der Waals surface area (Å²) in [5.41, 5.74) is 0. The summed E-state index contributed by atoms with van der Waals surface area (Å²) in [6.45, 7) is 9.06. The number of amides is 1. The first-order valence-electron chi connectivity index (χ1n) is 8.12. The molecule has 0 unspecified atom stereocenters. The zero-order chi connectivity index (χ0) is 13.9. The summed E-state index contributed by atoms with van der Waals surface area (Å²) < 4.78 is 0. The van der Waals surface area contributed by atoms with Gasteiger partial charge in [-0.15, -0.1) is 0 Å². The van der Waals surface area contributed by atoms with E-state index in [1.165, 1.54) is 12.8 Å². The number of nitrogens with zero attached hydrogens (tertiary/aromatic N) is 4. The van der Waals surface area contributed by atoms with Crippen LogP contribution in [0.1, 0.15) is 32.6 Å². The molecular weight excluding hydrogens is 252 g/mol. The highest BCUT2D eigenvalue weighted by atomic mass is 16.2. The van der Waals surface area contributed by atoms with Gasteiger partial charge in [0.15, 0.2) is 0 Å². The van der Waals surface area contributed by atoms with E-state index in [1.807, 2.05) is 4.90 Å². The van der Waals surface area contributed by atoms with Gasteiger partial charge in [0.1, 0.15) is 0 Å². The molecule has 3 rings (SSSR count). The molecule has 2 heterocycles. The molecule has 0 aromatic rings. The Labute approximate surface area is 121 Å². The van der Waals surface area contributed by atoms with Crippen molar-refractivity contribution in [2.45, 2.75) is 32.6 Å². The Bertz CT molecular complexity index is 381. The Morgan fingerprint density at radius 2 is 1.85 bits per heavy atom. The van der Waals surface area contributed by atoms with Crippen LogP contribution in [0.3, 0.4) is 0 Å². The summed E-state index contributed by atoms with van der Waals surface area (Å²) in [7, 11) is 0. The fourth-order valence-electron chi connectivity index (χ4n) is 3.57. The Hall–Kier alpha value is -1.10. The van der Waals surface area contributed by atoms with E-state index in [1.54, 1.807) is 0 Å². The molecule has 20 heavy (non-hydrogen) atoms. The Balaban J connectivity index is 1.62. The Kier molecular flexibility index (Phi) is 4.24. The summed E-state index contributed by atoms with van der Waals surface area (Å²) in [6, 6.07) is 0. The molecule has 2 fully saturated rings. The topological polar surface area (TPSA) is 39.1 Å². The van der Waals surface area contributed by atoms with Gasteiger partial charge in [0, 0.05) is 38.6 Å². The van der Waals surface area contributed by atoms with Crippen LogP contribution in [0.15, 0.2) is 4.99 Å². The number of carbonyl (C=O) groups excluding carboxylic acids is 1. The molecule has 0 bridgehead atoms. The van der Waals surface area contributed by atoms with E-state index >= 15 is 0 Å². The summed E-state index contributed by atoms with van der Waals surface area (Å²) in [5, 5.41) is 0. The Morgan fingerprint density at radius 1 is 1.15 bits per heavy atom. The SMILES string of the molecule is CCN1CCN(C2=NCCN2C(=O)C2CCCC2)CC1. The maximum absolute atomic E-state index is 12.6. The molecule has 1 saturated heterocycles. The van der Waals surface area contributed by atoms with E-state index in [0.29, 0.717) is 5.91 Å². The number of aliphatic imine (C=N–C) groups is 1. The van der Waals surface area contributed by atoms with Gasteiger partial charge in [0.05, 0.1) is 6.54 Å². The lowest BCUT2D eigenvalue weighted by Crippen LogP contribution is -2.54. The van der Waals surface area contributed by atoms with Crippen LogP contribution in [0, 0.1) is 5.92 Å². The third-order valence-corrected chi connectivity index (χ3v) is 4.89. The standard InChI is InChI=1S/C15H26N4O/c1-2-17-9-11-18(12-10-17)15-16-7-8-19(15)14(20)13-5-3-4-6-13/h13H,2-12H2,1H3. The van der Waals surface area contributed by atoms with Gasteiger partial charge in [0.25, 0.3) is 0 Å². The van der Waals surface area contributed by atoms with Crippen molar-refractivity contribution < 1.29 is 4.79 Å². The second kappa shape index (κ2) is 6.12. The van der Waals surface area contributed by atoms with E-state index in [0.717, 1.165) is 64.6 Å². The lowest BCUT2D eigenvalue weighted by Gasteiger charge is -2.37. The lowest BCUT2D eigenvalue weighted by atomic mass is 10.1. The zero-order valence-corrected chi connectivity index (χ0v) is 12.6. The molecule has 1 saturated carbocycles. The number of hydrogen-bond donors (Lipinski definition) is 0. The van der Waals surface area contributed by atoms with E-state index in [4.69, 9.17) is 0 Å². The van der Waals surface area contributed by atoms with Crippen LogP contribution in [-0.2, 0) is 4.79 Å². The third-order valence-electron chi connectivity index (χ3n) is 4.89. The van der Waals surface area contributed by atoms with Crippen molar-refractivity contribution in [2.24, 2.45) is 10.9 Å². The summed E-state index contributed by atoms with van der Waals surface area (Å²) in [6.07, 6.45) is 4.58. The minimum atomic E-state index is 0.259. The zero-order valence-electron chi connectivity index (χ0n) is 12.6. The first kappa shape index (κ1) is 13.9. The second-order valence-corrected chi connectivity index (χ2v) is 6.07. The normalized spacial score (nSPS) is 25.4. The average Bonchev–Trinajstić information content (AvgIpc) is 3.18. The first-order chi connectivity index (χ1) is 9.79. The van der Waals surface area contributed by atoms with Crippen molar-refractivity contribution in [3.63, 3.8) is 0 Å². The quantitative estimate of drug-likeness (QED) is 0.757. The largest absolute Gasteiger partial charge is 0.340 e. The van der Waals surface area contributed by atoms with Gasteiger partial charge >= 0.3 is 0 Å². The third kappa shape index (κ3) is 2.68. The number of carbonyl (C=O) groups is 1. The van der Waals surface area contributed by atoms with Crippen LogP contribution < -0.4 is 0 Å². The smallest absolute Gasteiger partial charge is 0.232 e. The lowest BCUT2D eigenvalue weighted by molar-refractivity contribution is -0.131. The number of likely N-dealkylation sites (N-methyl/N-ethyl adjacent to an activating group) is 1. The molecule has 0 radical (unpaired) electrons. The molecule has 0 aromatic carbocycles. The summed E-state index contributed by atoms with van der Waals surface area (Å²) >= 11 is 0. The highest BCUT2D eigenvalue weighted by molar-refractivity contribution is 5.99. The van der Waals surface area contributed by atoms with Crippen molar-refractivity contribution >= 4 is 11.9 Å². The summed E-state index contributed by atoms with van der Waals surface area (Å²) in [5.74, 6) is 1.55. The minimum Gasteiger partial charge on any atom is -0.340 e.